The predicted molar refractivity (Wildman–Crippen MR) is 100 cm³/mol. The van der Waals surface area contributed by atoms with Gasteiger partial charge in [-0.05, 0) is 43.4 Å². The van der Waals surface area contributed by atoms with Crippen LogP contribution in [-0.4, -0.2) is 30.1 Å². The summed E-state index contributed by atoms with van der Waals surface area (Å²) in [5.74, 6) is 0.429. The molecule has 0 saturated carbocycles. The second kappa shape index (κ2) is 8.56. The first-order valence-electron chi connectivity index (χ1n) is 8.99. The highest BCUT2D eigenvalue weighted by molar-refractivity contribution is 5.67. The van der Waals surface area contributed by atoms with E-state index in [9.17, 15) is 4.79 Å². The minimum atomic E-state index is -0.208. The zero-order valence-corrected chi connectivity index (χ0v) is 14.7. The van der Waals surface area contributed by atoms with Gasteiger partial charge in [0.2, 0.25) is 0 Å². The second-order valence-electron chi connectivity index (χ2n) is 6.69. The average molecular weight is 338 g/mol. The number of anilines is 1. The van der Waals surface area contributed by atoms with E-state index in [0.29, 0.717) is 18.6 Å². The molecule has 0 aliphatic carbocycles. The molecule has 1 fully saturated rings. The fraction of sp³-hybridized carbons (Fsp3) is 0.381. The van der Waals surface area contributed by atoms with Gasteiger partial charge in [-0.2, -0.15) is 0 Å². The van der Waals surface area contributed by atoms with Crippen molar-refractivity contribution in [2.45, 2.75) is 32.4 Å². The van der Waals surface area contributed by atoms with Crippen LogP contribution in [0.15, 0.2) is 60.7 Å². The smallest absolute Gasteiger partial charge is 0.410 e. The number of hydrogen-bond acceptors (Lipinski definition) is 3. The standard InChI is InChI=1S/C21H26N2O2/c1-17(22-20-12-6-3-7-13-20)19-11-8-14-23(15-19)21(24)25-16-18-9-4-2-5-10-18/h2-7,9-10,12-13,17,19,22H,8,11,14-16H2,1H3/t17-,19?/m0/s1. The van der Waals surface area contributed by atoms with Gasteiger partial charge in [0.05, 0.1) is 0 Å². The molecule has 3 rings (SSSR count). The van der Waals surface area contributed by atoms with Crippen molar-refractivity contribution in [1.82, 2.24) is 4.90 Å². The summed E-state index contributed by atoms with van der Waals surface area (Å²) in [6, 6.07) is 20.3. The van der Waals surface area contributed by atoms with Gasteiger partial charge in [0.1, 0.15) is 6.61 Å². The lowest BCUT2D eigenvalue weighted by atomic mass is 9.91. The van der Waals surface area contributed by atoms with E-state index in [1.54, 1.807) is 0 Å². The Morgan fingerprint density at radius 3 is 2.56 bits per heavy atom. The lowest BCUT2D eigenvalue weighted by Crippen LogP contribution is -2.44. The second-order valence-corrected chi connectivity index (χ2v) is 6.69. The molecule has 1 saturated heterocycles. The Morgan fingerprint density at radius 1 is 1.16 bits per heavy atom. The van der Waals surface area contributed by atoms with Crippen molar-refractivity contribution in [3.05, 3.63) is 66.2 Å². The number of rotatable bonds is 5. The van der Waals surface area contributed by atoms with Crippen molar-refractivity contribution in [3.8, 4) is 0 Å². The summed E-state index contributed by atoms with van der Waals surface area (Å²) < 4.78 is 5.48. The summed E-state index contributed by atoms with van der Waals surface area (Å²) in [6.07, 6.45) is 1.94. The van der Waals surface area contributed by atoms with E-state index >= 15 is 0 Å². The molecule has 25 heavy (non-hydrogen) atoms. The maximum absolute atomic E-state index is 12.4. The molecule has 2 aromatic rings. The maximum Gasteiger partial charge on any atom is 0.410 e. The number of amides is 1. The third-order valence-corrected chi connectivity index (χ3v) is 4.80. The highest BCUT2D eigenvalue weighted by Crippen LogP contribution is 2.23. The zero-order chi connectivity index (χ0) is 17.5. The number of nitrogens with one attached hydrogen (secondary N) is 1. The number of hydrogen-bond donors (Lipinski definition) is 1. The Labute approximate surface area is 149 Å². The highest BCUT2D eigenvalue weighted by atomic mass is 16.6. The number of carbonyl (C=O) groups is 1. The van der Waals surface area contributed by atoms with Crippen LogP contribution < -0.4 is 5.32 Å². The molecule has 2 atom stereocenters. The SMILES string of the molecule is C[C@H](Nc1ccccc1)C1CCCN(C(=O)OCc2ccccc2)C1. The van der Waals surface area contributed by atoms with E-state index in [1.165, 1.54) is 0 Å². The van der Waals surface area contributed by atoms with E-state index in [0.717, 1.165) is 37.2 Å². The third-order valence-electron chi connectivity index (χ3n) is 4.80. The van der Waals surface area contributed by atoms with Crippen molar-refractivity contribution >= 4 is 11.8 Å². The molecule has 0 spiro atoms. The minimum Gasteiger partial charge on any atom is -0.445 e. The van der Waals surface area contributed by atoms with E-state index in [2.05, 4.69) is 24.4 Å². The van der Waals surface area contributed by atoms with Crippen LogP contribution in [-0.2, 0) is 11.3 Å². The van der Waals surface area contributed by atoms with E-state index in [-0.39, 0.29) is 6.09 Å². The van der Waals surface area contributed by atoms with Crippen molar-refractivity contribution in [2.24, 2.45) is 5.92 Å². The fourth-order valence-electron chi connectivity index (χ4n) is 3.31. The molecular formula is C21H26N2O2. The molecule has 1 N–H and O–H groups in total. The summed E-state index contributed by atoms with van der Waals surface area (Å²) >= 11 is 0. The van der Waals surface area contributed by atoms with Crippen molar-refractivity contribution in [2.75, 3.05) is 18.4 Å². The summed E-state index contributed by atoms with van der Waals surface area (Å²) in [7, 11) is 0. The van der Waals surface area contributed by atoms with Gasteiger partial charge in [0, 0.05) is 24.8 Å². The largest absolute Gasteiger partial charge is 0.445 e. The molecule has 1 heterocycles. The third kappa shape index (κ3) is 4.99. The van der Waals surface area contributed by atoms with Crippen molar-refractivity contribution in [3.63, 3.8) is 0 Å². The quantitative estimate of drug-likeness (QED) is 0.870. The normalized spacial score (nSPS) is 18.4. The van der Waals surface area contributed by atoms with Crippen LogP contribution in [0.25, 0.3) is 0 Å². The number of nitrogens with zero attached hydrogens (tertiary/aromatic N) is 1. The molecule has 1 aliphatic rings. The molecule has 0 aromatic heterocycles. The minimum absolute atomic E-state index is 0.208. The Hall–Kier alpha value is -2.49. The average Bonchev–Trinajstić information content (AvgIpc) is 2.68. The van der Waals surface area contributed by atoms with E-state index in [1.807, 2.05) is 53.4 Å². The Morgan fingerprint density at radius 2 is 1.84 bits per heavy atom. The number of para-hydroxylation sites is 1. The molecular weight excluding hydrogens is 312 g/mol. The van der Waals surface area contributed by atoms with E-state index in [4.69, 9.17) is 4.74 Å². The predicted octanol–water partition coefficient (Wildman–Crippen LogP) is 4.54. The zero-order valence-electron chi connectivity index (χ0n) is 14.7. The molecule has 1 amide bonds. The topological polar surface area (TPSA) is 41.6 Å². The molecule has 1 aliphatic heterocycles. The molecule has 4 heteroatoms. The van der Waals surface area contributed by atoms with Crippen LogP contribution in [0.3, 0.4) is 0 Å². The van der Waals surface area contributed by atoms with Gasteiger partial charge in [-0.1, -0.05) is 48.5 Å². The summed E-state index contributed by atoms with van der Waals surface area (Å²) in [4.78, 5) is 14.2. The number of benzene rings is 2. The van der Waals surface area contributed by atoms with Gasteiger partial charge < -0.3 is 15.0 Å². The first-order valence-corrected chi connectivity index (χ1v) is 8.99. The van der Waals surface area contributed by atoms with Gasteiger partial charge in [-0.15, -0.1) is 0 Å². The van der Waals surface area contributed by atoms with Crippen molar-refractivity contribution < 1.29 is 9.53 Å². The molecule has 132 valence electrons. The van der Waals surface area contributed by atoms with Crippen LogP contribution in [0.5, 0.6) is 0 Å². The summed E-state index contributed by atoms with van der Waals surface area (Å²) in [5, 5.41) is 3.55. The first-order chi connectivity index (χ1) is 12.2. The Bertz CT molecular complexity index is 660. The van der Waals surface area contributed by atoms with E-state index < -0.39 is 0 Å². The molecule has 0 radical (unpaired) electrons. The molecule has 0 bridgehead atoms. The maximum atomic E-state index is 12.4. The van der Waals surface area contributed by atoms with Gasteiger partial charge >= 0.3 is 6.09 Å². The summed E-state index contributed by atoms with van der Waals surface area (Å²) in [5.41, 5.74) is 2.14. The van der Waals surface area contributed by atoms with Gasteiger partial charge in [0.25, 0.3) is 0 Å². The number of carbonyl (C=O) groups excluding carboxylic acids is 1. The van der Waals surface area contributed by atoms with Crippen LogP contribution in [0.2, 0.25) is 0 Å². The molecule has 2 aromatic carbocycles. The van der Waals surface area contributed by atoms with Crippen LogP contribution in [0.1, 0.15) is 25.3 Å². The van der Waals surface area contributed by atoms with Crippen molar-refractivity contribution in [1.29, 1.82) is 0 Å². The highest BCUT2D eigenvalue weighted by Gasteiger charge is 2.28. The van der Waals surface area contributed by atoms with Gasteiger partial charge in [-0.3, -0.25) is 0 Å². The lowest BCUT2D eigenvalue weighted by molar-refractivity contribution is 0.0773. The number of ether oxygens (including phenoxy) is 1. The van der Waals surface area contributed by atoms with Crippen LogP contribution in [0.4, 0.5) is 10.5 Å². The number of likely N-dealkylation sites (tertiary alicyclic amines) is 1. The fourth-order valence-corrected chi connectivity index (χ4v) is 3.31. The van der Waals surface area contributed by atoms with Crippen LogP contribution >= 0.6 is 0 Å². The van der Waals surface area contributed by atoms with Crippen LogP contribution in [0, 0.1) is 5.92 Å². The van der Waals surface area contributed by atoms with Gasteiger partial charge in [-0.25, -0.2) is 4.79 Å². The number of piperidine rings is 1. The Kier molecular flexibility index (Phi) is 5.94. The molecule has 4 nitrogen and oxygen atoms in total. The first kappa shape index (κ1) is 17.3. The Balaban J connectivity index is 1.50. The van der Waals surface area contributed by atoms with Gasteiger partial charge in [0.15, 0.2) is 0 Å². The monoisotopic (exact) mass is 338 g/mol. The summed E-state index contributed by atoms with van der Waals surface area (Å²) in [6.45, 7) is 4.05. The molecule has 1 unspecified atom stereocenters. The lowest BCUT2D eigenvalue weighted by Gasteiger charge is -2.35.